The first-order valence-corrected chi connectivity index (χ1v) is 4.18. The summed E-state index contributed by atoms with van der Waals surface area (Å²) in [5, 5.41) is 8.53. The first kappa shape index (κ1) is 11.6. The van der Waals surface area contributed by atoms with Gasteiger partial charge in [0.25, 0.3) is 0 Å². The van der Waals surface area contributed by atoms with Crippen LogP contribution in [-0.2, 0) is 4.79 Å². The highest BCUT2D eigenvalue weighted by molar-refractivity contribution is 5.77. The van der Waals surface area contributed by atoms with E-state index in [1.54, 1.807) is 13.0 Å². The summed E-state index contributed by atoms with van der Waals surface area (Å²) in [6.07, 6.45) is -4.76. The van der Waals surface area contributed by atoms with Gasteiger partial charge >= 0.3 is 12.1 Å². The van der Waals surface area contributed by atoms with E-state index < -0.39 is 18.1 Å². The van der Waals surface area contributed by atoms with E-state index in [1.165, 1.54) is 18.2 Å². The van der Waals surface area contributed by atoms with Gasteiger partial charge in [-0.05, 0) is 12.5 Å². The molecule has 0 spiro atoms. The van der Waals surface area contributed by atoms with Gasteiger partial charge in [-0.2, -0.15) is 13.2 Å². The number of aryl methyl sites for hydroxylation is 1. The second-order valence-electron chi connectivity index (χ2n) is 3.23. The van der Waals surface area contributed by atoms with Crippen molar-refractivity contribution in [3.63, 3.8) is 0 Å². The van der Waals surface area contributed by atoms with E-state index in [-0.39, 0.29) is 5.56 Å². The lowest BCUT2D eigenvalue weighted by Crippen LogP contribution is -2.28. The van der Waals surface area contributed by atoms with Gasteiger partial charge in [0.2, 0.25) is 0 Å². The van der Waals surface area contributed by atoms with Gasteiger partial charge in [0.15, 0.2) is 5.92 Å². The molecule has 0 aliphatic heterocycles. The van der Waals surface area contributed by atoms with Crippen LogP contribution in [0.4, 0.5) is 13.2 Å². The number of halogens is 3. The largest absolute Gasteiger partial charge is 0.481 e. The molecule has 1 rings (SSSR count). The zero-order valence-electron chi connectivity index (χ0n) is 7.88. The van der Waals surface area contributed by atoms with Gasteiger partial charge in [-0.3, -0.25) is 4.79 Å². The number of benzene rings is 1. The van der Waals surface area contributed by atoms with Gasteiger partial charge in [0.05, 0.1) is 0 Å². The molecule has 1 atom stereocenters. The Bertz CT molecular complexity index is 371. The Labute approximate surface area is 84.3 Å². The van der Waals surface area contributed by atoms with Crippen molar-refractivity contribution in [1.29, 1.82) is 0 Å². The number of hydrogen-bond acceptors (Lipinski definition) is 1. The number of aliphatic carboxylic acids is 1. The summed E-state index contributed by atoms with van der Waals surface area (Å²) in [6.45, 7) is 1.61. The van der Waals surface area contributed by atoms with E-state index in [2.05, 4.69) is 0 Å². The molecule has 1 unspecified atom stereocenters. The summed E-state index contributed by atoms with van der Waals surface area (Å²) in [5.74, 6) is -4.33. The van der Waals surface area contributed by atoms with Crippen molar-refractivity contribution in [2.24, 2.45) is 0 Å². The number of hydrogen-bond donors (Lipinski definition) is 1. The van der Waals surface area contributed by atoms with Crippen molar-refractivity contribution in [2.45, 2.75) is 19.0 Å². The fourth-order valence-corrected chi connectivity index (χ4v) is 1.32. The zero-order chi connectivity index (χ0) is 11.6. The topological polar surface area (TPSA) is 37.3 Å². The lowest BCUT2D eigenvalue weighted by molar-refractivity contribution is -0.176. The standard InChI is InChI=1S/C10H9F3O2/c1-6-3-2-4-7(5-6)8(9(14)15)10(11,12)13/h2-5,8H,1H3,(H,14,15). The van der Waals surface area contributed by atoms with Crippen LogP contribution in [0.2, 0.25) is 0 Å². The van der Waals surface area contributed by atoms with Crippen LogP contribution < -0.4 is 0 Å². The van der Waals surface area contributed by atoms with Gasteiger partial charge in [-0.15, -0.1) is 0 Å². The summed E-state index contributed by atoms with van der Waals surface area (Å²) in [5.41, 5.74) is 0.359. The Morgan fingerprint density at radius 2 is 2.00 bits per heavy atom. The summed E-state index contributed by atoms with van der Waals surface area (Å²) >= 11 is 0. The lowest BCUT2D eigenvalue weighted by Gasteiger charge is -2.16. The Hall–Kier alpha value is -1.52. The molecule has 1 N–H and O–H groups in total. The molecular formula is C10H9F3O2. The molecule has 0 saturated heterocycles. The van der Waals surface area contributed by atoms with Crippen molar-refractivity contribution in [3.05, 3.63) is 35.4 Å². The summed E-state index contributed by atoms with van der Waals surface area (Å²) in [4.78, 5) is 10.5. The molecule has 0 amide bonds. The lowest BCUT2D eigenvalue weighted by atomic mass is 9.97. The fourth-order valence-electron chi connectivity index (χ4n) is 1.32. The first-order chi connectivity index (χ1) is 6.82. The van der Waals surface area contributed by atoms with Crippen LogP contribution in [-0.4, -0.2) is 17.3 Å². The second-order valence-corrected chi connectivity index (χ2v) is 3.23. The summed E-state index contributed by atoms with van der Waals surface area (Å²) in [7, 11) is 0. The minimum Gasteiger partial charge on any atom is -0.481 e. The molecule has 0 saturated carbocycles. The van der Waals surface area contributed by atoms with E-state index in [4.69, 9.17) is 5.11 Å². The maximum absolute atomic E-state index is 12.4. The van der Waals surface area contributed by atoms with Crippen LogP contribution in [0, 0.1) is 6.92 Å². The molecule has 0 radical (unpaired) electrons. The Kier molecular flexibility index (Phi) is 3.02. The zero-order valence-corrected chi connectivity index (χ0v) is 7.88. The highest BCUT2D eigenvalue weighted by atomic mass is 19.4. The number of carboxylic acids is 1. The molecule has 15 heavy (non-hydrogen) atoms. The van der Waals surface area contributed by atoms with Crippen LogP contribution >= 0.6 is 0 Å². The van der Waals surface area contributed by atoms with E-state index in [0.717, 1.165) is 0 Å². The monoisotopic (exact) mass is 218 g/mol. The van der Waals surface area contributed by atoms with Crippen molar-refractivity contribution in [1.82, 2.24) is 0 Å². The van der Waals surface area contributed by atoms with Crippen LogP contribution in [0.3, 0.4) is 0 Å². The number of rotatable bonds is 2. The number of alkyl halides is 3. The third kappa shape index (κ3) is 2.71. The maximum Gasteiger partial charge on any atom is 0.406 e. The minimum atomic E-state index is -4.76. The van der Waals surface area contributed by atoms with Crippen LogP contribution in [0.25, 0.3) is 0 Å². The van der Waals surface area contributed by atoms with Gasteiger partial charge < -0.3 is 5.11 Å². The van der Waals surface area contributed by atoms with E-state index >= 15 is 0 Å². The molecule has 82 valence electrons. The van der Waals surface area contributed by atoms with Gasteiger partial charge in [0, 0.05) is 0 Å². The van der Waals surface area contributed by atoms with Gasteiger partial charge in [0.1, 0.15) is 0 Å². The number of carbonyl (C=O) groups is 1. The Morgan fingerprint density at radius 1 is 1.40 bits per heavy atom. The quantitative estimate of drug-likeness (QED) is 0.828. The SMILES string of the molecule is Cc1cccc(C(C(=O)O)C(F)(F)F)c1. The predicted molar refractivity (Wildman–Crippen MR) is 47.6 cm³/mol. The molecular weight excluding hydrogens is 209 g/mol. The van der Waals surface area contributed by atoms with Crippen molar-refractivity contribution in [2.75, 3.05) is 0 Å². The van der Waals surface area contributed by atoms with Crippen LogP contribution in [0.5, 0.6) is 0 Å². The number of carboxylic acid groups (broad SMARTS) is 1. The first-order valence-electron chi connectivity index (χ1n) is 4.18. The molecule has 0 bridgehead atoms. The highest BCUT2D eigenvalue weighted by Crippen LogP contribution is 2.35. The molecule has 1 aromatic carbocycles. The normalized spacial score (nSPS) is 13.6. The summed E-state index contributed by atoms with van der Waals surface area (Å²) < 4.78 is 37.2. The molecule has 0 fully saturated rings. The second kappa shape index (κ2) is 3.92. The van der Waals surface area contributed by atoms with Gasteiger partial charge in [-0.1, -0.05) is 29.8 Å². The van der Waals surface area contributed by atoms with Crippen LogP contribution in [0.15, 0.2) is 24.3 Å². The average Bonchev–Trinajstić information content (AvgIpc) is 1.99. The fraction of sp³-hybridized carbons (Fsp3) is 0.300. The Morgan fingerprint density at radius 3 is 2.40 bits per heavy atom. The maximum atomic E-state index is 12.4. The smallest absolute Gasteiger partial charge is 0.406 e. The van der Waals surface area contributed by atoms with Crippen molar-refractivity contribution >= 4 is 5.97 Å². The van der Waals surface area contributed by atoms with E-state index in [9.17, 15) is 18.0 Å². The molecule has 0 aliphatic rings. The van der Waals surface area contributed by atoms with Crippen LogP contribution in [0.1, 0.15) is 17.0 Å². The summed E-state index contributed by atoms with van der Waals surface area (Å²) in [6, 6.07) is 5.41. The molecule has 0 aliphatic carbocycles. The van der Waals surface area contributed by atoms with Crippen molar-refractivity contribution < 1.29 is 23.1 Å². The van der Waals surface area contributed by atoms with Crippen molar-refractivity contribution in [3.8, 4) is 0 Å². The average molecular weight is 218 g/mol. The third-order valence-corrected chi connectivity index (χ3v) is 1.95. The highest BCUT2D eigenvalue weighted by Gasteiger charge is 2.46. The minimum absolute atomic E-state index is 0.241. The molecule has 0 aromatic heterocycles. The molecule has 5 heteroatoms. The molecule has 1 aromatic rings. The molecule has 0 heterocycles. The third-order valence-electron chi connectivity index (χ3n) is 1.95. The van der Waals surface area contributed by atoms with Gasteiger partial charge in [-0.25, -0.2) is 0 Å². The predicted octanol–water partition coefficient (Wildman–Crippen LogP) is 2.73. The Balaban J connectivity index is 3.16. The van der Waals surface area contributed by atoms with E-state index in [0.29, 0.717) is 5.56 Å². The van der Waals surface area contributed by atoms with E-state index in [1.807, 2.05) is 0 Å². The molecule has 2 nitrogen and oxygen atoms in total.